The van der Waals surface area contributed by atoms with Crippen LogP contribution >= 0.6 is 23.1 Å². The van der Waals surface area contributed by atoms with E-state index in [0.717, 1.165) is 23.9 Å². The monoisotopic (exact) mass is 461 g/mol. The molecule has 0 unspecified atom stereocenters. The van der Waals surface area contributed by atoms with Gasteiger partial charge in [0.05, 0.1) is 17.8 Å². The van der Waals surface area contributed by atoms with E-state index in [1.165, 1.54) is 28.0 Å². The van der Waals surface area contributed by atoms with Gasteiger partial charge in [0.15, 0.2) is 5.16 Å². The largest absolute Gasteiger partial charge is 0.325 e. The first-order chi connectivity index (χ1) is 14.9. The summed E-state index contributed by atoms with van der Waals surface area (Å²) in [6.45, 7) is 0.152. The third-order valence-electron chi connectivity index (χ3n) is 4.26. The molecular formula is C21H14F3N3O2S2. The number of carbonyl (C=O) groups is 1. The molecule has 0 atom stereocenters. The quantitative estimate of drug-likeness (QED) is 0.335. The normalized spacial score (nSPS) is 11.1. The molecule has 10 heteroatoms. The Morgan fingerprint density at radius 1 is 1.03 bits per heavy atom. The van der Waals surface area contributed by atoms with Gasteiger partial charge in [0.1, 0.15) is 22.2 Å². The van der Waals surface area contributed by atoms with Crippen LogP contribution in [-0.4, -0.2) is 21.2 Å². The van der Waals surface area contributed by atoms with Crippen molar-refractivity contribution in [1.29, 1.82) is 0 Å². The molecule has 31 heavy (non-hydrogen) atoms. The Balaban J connectivity index is 1.57. The van der Waals surface area contributed by atoms with E-state index < -0.39 is 17.5 Å². The molecule has 0 fully saturated rings. The summed E-state index contributed by atoms with van der Waals surface area (Å²) in [5, 5.41) is 4.48. The minimum absolute atomic E-state index is 0.00644. The van der Waals surface area contributed by atoms with Gasteiger partial charge in [-0.3, -0.25) is 14.2 Å². The van der Waals surface area contributed by atoms with Gasteiger partial charge >= 0.3 is 0 Å². The fourth-order valence-corrected chi connectivity index (χ4v) is 4.48. The Morgan fingerprint density at radius 3 is 2.45 bits per heavy atom. The highest BCUT2D eigenvalue weighted by atomic mass is 32.2. The van der Waals surface area contributed by atoms with Gasteiger partial charge in [-0.1, -0.05) is 23.9 Å². The van der Waals surface area contributed by atoms with Crippen LogP contribution in [0.3, 0.4) is 0 Å². The van der Waals surface area contributed by atoms with Gasteiger partial charge in [0.25, 0.3) is 5.56 Å². The first-order valence-electron chi connectivity index (χ1n) is 9.00. The van der Waals surface area contributed by atoms with E-state index in [2.05, 4.69) is 10.3 Å². The Hall–Kier alpha value is -3.11. The van der Waals surface area contributed by atoms with Gasteiger partial charge < -0.3 is 5.32 Å². The molecule has 1 amide bonds. The zero-order chi connectivity index (χ0) is 22.0. The minimum atomic E-state index is -0.805. The van der Waals surface area contributed by atoms with E-state index in [4.69, 9.17) is 0 Å². The molecule has 2 aromatic heterocycles. The molecule has 4 aromatic rings. The van der Waals surface area contributed by atoms with Crippen molar-refractivity contribution in [1.82, 2.24) is 9.55 Å². The van der Waals surface area contributed by atoms with Gasteiger partial charge in [-0.2, -0.15) is 0 Å². The molecule has 0 spiro atoms. The lowest BCUT2D eigenvalue weighted by Crippen LogP contribution is -2.24. The number of aromatic nitrogens is 2. The summed E-state index contributed by atoms with van der Waals surface area (Å²) in [5.74, 6) is -2.64. The number of thiophene rings is 1. The molecule has 0 aliphatic heterocycles. The number of amides is 1. The number of nitrogens with one attached hydrogen (secondary N) is 1. The Morgan fingerprint density at radius 2 is 1.74 bits per heavy atom. The Labute approximate surface area is 182 Å². The lowest BCUT2D eigenvalue weighted by molar-refractivity contribution is -0.113. The smallest absolute Gasteiger partial charge is 0.272 e. The summed E-state index contributed by atoms with van der Waals surface area (Å²) in [4.78, 5) is 29.7. The third kappa shape index (κ3) is 4.97. The standard InChI is InChI=1S/C21H14F3N3O2S2/c22-13-3-1-12(2-4-13)10-27-20(29)19-17(5-6-30-19)26-21(27)31-11-18(28)25-16-8-14(23)7-15(24)9-16/h1-9H,10-11H2,(H,25,28). The van der Waals surface area contributed by atoms with Crippen molar-refractivity contribution in [3.63, 3.8) is 0 Å². The Kier molecular flexibility index (Phi) is 6.10. The molecule has 1 N–H and O–H groups in total. The predicted molar refractivity (Wildman–Crippen MR) is 115 cm³/mol. The summed E-state index contributed by atoms with van der Waals surface area (Å²) in [7, 11) is 0. The number of hydrogen-bond acceptors (Lipinski definition) is 5. The number of anilines is 1. The van der Waals surface area contributed by atoms with Gasteiger partial charge in [-0.05, 0) is 41.3 Å². The molecule has 0 aliphatic carbocycles. The zero-order valence-electron chi connectivity index (χ0n) is 15.8. The number of carbonyl (C=O) groups excluding carboxylic acids is 1. The second-order valence-electron chi connectivity index (χ2n) is 6.54. The Bertz CT molecular complexity index is 1300. The maximum atomic E-state index is 13.3. The van der Waals surface area contributed by atoms with Crippen LogP contribution in [0.25, 0.3) is 10.2 Å². The lowest BCUT2D eigenvalue weighted by atomic mass is 10.2. The van der Waals surface area contributed by atoms with E-state index in [0.29, 0.717) is 27.0 Å². The van der Waals surface area contributed by atoms with Crippen molar-refractivity contribution in [3.05, 3.63) is 87.3 Å². The van der Waals surface area contributed by atoms with Crippen LogP contribution < -0.4 is 10.9 Å². The number of benzene rings is 2. The number of thioether (sulfide) groups is 1. The molecule has 0 saturated heterocycles. The number of fused-ring (bicyclic) bond motifs is 1. The second-order valence-corrected chi connectivity index (χ2v) is 8.40. The average Bonchev–Trinajstić information content (AvgIpc) is 3.18. The SMILES string of the molecule is O=C(CSc1nc2ccsc2c(=O)n1Cc1ccc(F)cc1)Nc1cc(F)cc(F)c1. The van der Waals surface area contributed by atoms with Crippen LogP contribution in [0.15, 0.2) is 63.9 Å². The van der Waals surface area contributed by atoms with Gasteiger partial charge in [0.2, 0.25) is 5.91 Å². The third-order valence-corrected chi connectivity index (χ3v) is 6.13. The van der Waals surface area contributed by atoms with Crippen molar-refractivity contribution < 1.29 is 18.0 Å². The van der Waals surface area contributed by atoms with E-state index in [1.54, 1.807) is 23.6 Å². The van der Waals surface area contributed by atoms with E-state index in [1.807, 2.05) is 0 Å². The molecule has 0 bridgehead atoms. The fraction of sp³-hybridized carbons (Fsp3) is 0.0952. The number of rotatable bonds is 6. The predicted octanol–water partition coefficient (Wildman–Crippen LogP) is 4.65. The van der Waals surface area contributed by atoms with E-state index in [9.17, 15) is 22.8 Å². The van der Waals surface area contributed by atoms with E-state index >= 15 is 0 Å². The highest BCUT2D eigenvalue weighted by Gasteiger charge is 2.15. The molecule has 0 saturated carbocycles. The van der Waals surface area contributed by atoms with Crippen molar-refractivity contribution >= 4 is 44.9 Å². The van der Waals surface area contributed by atoms with Crippen LogP contribution in [0.2, 0.25) is 0 Å². The molecular weight excluding hydrogens is 447 g/mol. The zero-order valence-corrected chi connectivity index (χ0v) is 17.4. The van der Waals surface area contributed by atoms with Crippen LogP contribution in [-0.2, 0) is 11.3 Å². The average molecular weight is 461 g/mol. The summed E-state index contributed by atoms with van der Waals surface area (Å²) < 4.78 is 41.7. The number of halogens is 3. The van der Waals surface area contributed by atoms with Gasteiger partial charge in [0, 0.05) is 11.8 Å². The van der Waals surface area contributed by atoms with Crippen molar-refractivity contribution in [2.24, 2.45) is 0 Å². The highest BCUT2D eigenvalue weighted by molar-refractivity contribution is 7.99. The first kappa shape index (κ1) is 21.1. The van der Waals surface area contributed by atoms with Crippen LogP contribution in [0.5, 0.6) is 0 Å². The van der Waals surface area contributed by atoms with Crippen LogP contribution in [0.1, 0.15) is 5.56 Å². The molecule has 4 rings (SSSR count). The molecule has 0 aliphatic rings. The number of hydrogen-bond donors (Lipinski definition) is 1. The van der Waals surface area contributed by atoms with Crippen molar-refractivity contribution in [2.75, 3.05) is 11.1 Å². The molecule has 158 valence electrons. The maximum Gasteiger partial charge on any atom is 0.272 e. The molecule has 2 heterocycles. The van der Waals surface area contributed by atoms with Gasteiger partial charge in [-0.15, -0.1) is 11.3 Å². The molecule has 0 radical (unpaired) electrons. The van der Waals surface area contributed by atoms with E-state index in [-0.39, 0.29) is 29.4 Å². The summed E-state index contributed by atoms with van der Waals surface area (Å²) in [6.07, 6.45) is 0. The van der Waals surface area contributed by atoms with Crippen molar-refractivity contribution in [3.8, 4) is 0 Å². The summed E-state index contributed by atoms with van der Waals surface area (Å²) in [5.41, 5.74) is 0.940. The molecule has 2 aromatic carbocycles. The van der Waals surface area contributed by atoms with Gasteiger partial charge in [-0.25, -0.2) is 18.2 Å². The topological polar surface area (TPSA) is 64.0 Å². The van der Waals surface area contributed by atoms with Crippen LogP contribution in [0, 0.1) is 17.5 Å². The first-order valence-corrected chi connectivity index (χ1v) is 10.9. The van der Waals surface area contributed by atoms with Crippen molar-refractivity contribution in [2.45, 2.75) is 11.7 Å². The second kappa shape index (κ2) is 8.94. The number of nitrogens with zero attached hydrogens (tertiary/aromatic N) is 2. The summed E-state index contributed by atoms with van der Waals surface area (Å²) >= 11 is 2.28. The lowest BCUT2D eigenvalue weighted by Gasteiger charge is -2.12. The minimum Gasteiger partial charge on any atom is -0.325 e. The fourth-order valence-electron chi connectivity index (χ4n) is 2.90. The van der Waals surface area contributed by atoms with Crippen LogP contribution in [0.4, 0.5) is 18.9 Å². The molecule has 5 nitrogen and oxygen atoms in total. The summed E-state index contributed by atoms with van der Waals surface area (Å²) in [6, 6.07) is 10.2. The maximum absolute atomic E-state index is 13.3. The highest BCUT2D eigenvalue weighted by Crippen LogP contribution is 2.22.